The Kier molecular flexibility index (Phi) is 5.68. The van der Waals surface area contributed by atoms with E-state index in [1.54, 1.807) is 35.0 Å². The third-order valence-corrected chi connectivity index (χ3v) is 4.13. The number of hydrogen-bond donors (Lipinski definition) is 2. The molecule has 2 aromatic carbocycles. The van der Waals surface area contributed by atoms with Crippen molar-refractivity contribution in [3.63, 3.8) is 0 Å². The molecule has 2 N–H and O–H groups in total. The first-order valence-electron chi connectivity index (χ1n) is 8.53. The highest BCUT2D eigenvalue weighted by Crippen LogP contribution is 2.17. The number of carboxylic acid groups (broad SMARTS) is 1. The van der Waals surface area contributed by atoms with Crippen LogP contribution in [0.4, 0.5) is 0 Å². The lowest BCUT2D eigenvalue weighted by Gasteiger charge is -2.08. The number of amides is 1. The van der Waals surface area contributed by atoms with Crippen LogP contribution in [0.15, 0.2) is 78.5 Å². The SMILES string of the molecule is N#C/C(=C/c1cccn1-c1ccc(C(=O)O)cc1)C(=O)NCc1ccccc1. The molecule has 28 heavy (non-hydrogen) atoms. The van der Waals surface area contributed by atoms with Crippen LogP contribution in [0.5, 0.6) is 0 Å². The fourth-order valence-electron chi connectivity index (χ4n) is 2.68. The standard InChI is InChI=1S/C22H17N3O3/c23-14-18(21(26)24-15-16-5-2-1-3-6-16)13-20-7-4-12-25(20)19-10-8-17(9-11-19)22(27)28/h1-13H,15H2,(H,24,26)(H,27,28)/b18-13-. The van der Waals surface area contributed by atoms with Crippen LogP contribution in [0.3, 0.4) is 0 Å². The number of carbonyl (C=O) groups excluding carboxylic acids is 1. The molecule has 3 rings (SSSR count). The van der Waals surface area contributed by atoms with Crippen LogP contribution in [-0.2, 0) is 11.3 Å². The van der Waals surface area contributed by atoms with Crippen LogP contribution in [0.2, 0.25) is 0 Å². The summed E-state index contributed by atoms with van der Waals surface area (Å²) in [4.78, 5) is 23.4. The molecule has 3 aromatic rings. The van der Waals surface area contributed by atoms with Gasteiger partial charge in [0.2, 0.25) is 0 Å². The first kappa shape index (κ1) is 18.7. The maximum atomic E-state index is 12.4. The molecular formula is C22H17N3O3. The van der Waals surface area contributed by atoms with Crippen LogP contribution in [0, 0.1) is 11.3 Å². The highest BCUT2D eigenvalue weighted by atomic mass is 16.4. The van der Waals surface area contributed by atoms with Crippen molar-refractivity contribution < 1.29 is 14.7 Å². The van der Waals surface area contributed by atoms with Gasteiger partial charge in [-0.1, -0.05) is 30.3 Å². The predicted molar refractivity (Wildman–Crippen MR) is 105 cm³/mol. The number of nitrogens with zero attached hydrogens (tertiary/aromatic N) is 2. The van der Waals surface area contributed by atoms with Crippen molar-refractivity contribution in [3.8, 4) is 11.8 Å². The summed E-state index contributed by atoms with van der Waals surface area (Å²) in [5.41, 5.74) is 2.47. The van der Waals surface area contributed by atoms with E-state index < -0.39 is 11.9 Å². The van der Waals surface area contributed by atoms with Gasteiger partial charge < -0.3 is 15.0 Å². The minimum Gasteiger partial charge on any atom is -0.478 e. The third kappa shape index (κ3) is 4.34. The van der Waals surface area contributed by atoms with Gasteiger partial charge in [-0.05, 0) is 48.0 Å². The second kappa shape index (κ2) is 8.52. The quantitative estimate of drug-likeness (QED) is 0.513. The summed E-state index contributed by atoms with van der Waals surface area (Å²) in [6.07, 6.45) is 3.28. The Morgan fingerprint density at radius 2 is 1.75 bits per heavy atom. The molecule has 138 valence electrons. The van der Waals surface area contributed by atoms with Gasteiger partial charge in [0.15, 0.2) is 0 Å². The normalized spacial score (nSPS) is 10.9. The number of nitrogens with one attached hydrogen (secondary N) is 1. The van der Waals surface area contributed by atoms with Gasteiger partial charge in [-0.25, -0.2) is 4.79 Å². The second-order valence-corrected chi connectivity index (χ2v) is 5.99. The summed E-state index contributed by atoms with van der Waals surface area (Å²) < 4.78 is 1.77. The van der Waals surface area contributed by atoms with Crippen molar-refractivity contribution in [1.82, 2.24) is 9.88 Å². The molecule has 0 aliphatic heterocycles. The molecule has 0 saturated carbocycles. The first-order valence-corrected chi connectivity index (χ1v) is 8.53. The van der Waals surface area contributed by atoms with E-state index in [4.69, 9.17) is 5.11 Å². The minimum absolute atomic E-state index is 0.0157. The Hall–Kier alpha value is -4.11. The highest BCUT2D eigenvalue weighted by Gasteiger charge is 2.11. The van der Waals surface area contributed by atoms with Crippen LogP contribution in [0.25, 0.3) is 11.8 Å². The van der Waals surface area contributed by atoms with Crippen molar-refractivity contribution in [2.45, 2.75) is 6.54 Å². The average molecular weight is 371 g/mol. The average Bonchev–Trinajstić information content (AvgIpc) is 3.19. The topological polar surface area (TPSA) is 95.1 Å². The Morgan fingerprint density at radius 3 is 2.39 bits per heavy atom. The number of rotatable bonds is 6. The Bertz CT molecular complexity index is 1060. The molecule has 0 fully saturated rings. The van der Waals surface area contributed by atoms with Crippen LogP contribution in [-0.4, -0.2) is 21.6 Å². The predicted octanol–water partition coefficient (Wildman–Crippen LogP) is 3.40. The zero-order chi connectivity index (χ0) is 19.9. The molecule has 0 aliphatic rings. The first-order chi connectivity index (χ1) is 13.6. The summed E-state index contributed by atoms with van der Waals surface area (Å²) >= 11 is 0. The van der Waals surface area contributed by atoms with Crippen LogP contribution in [0.1, 0.15) is 21.6 Å². The van der Waals surface area contributed by atoms with E-state index in [1.807, 2.05) is 36.4 Å². The second-order valence-electron chi connectivity index (χ2n) is 5.99. The molecule has 1 aromatic heterocycles. The number of aromatic nitrogens is 1. The molecule has 0 saturated heterocycles. The molecule has 6 nitrogen and oxygen atoms in total. The van der Waals surface area contributed by atoms with E-state index in [2.05, 4.69) is 5.32 Å². The largest absolute Gasteiger partial charge is 0.478 e. The van der Waals surface area contributed by atoms with Crippen molar-refractivity contribution in [2.75, 3.05) is 0 Å². The highest BCUT2D eigenvalue weighted by molar-refractivity contribution is 6.01. The van der Waals surface area contributed by atoms with Gasteiger partial charge >= 0.3 is 5.97 Å². The molecule has 6 heteroatoms. The van der Waals surface area contributed by atoms with Crippen molar-refractivity contribution in [2.24, 2.45) is 0 Å². The number of nitriles is 1. The monoisotopic (exact) mass is 371 g/mol. The molecule has 0 bridgehead atoms. The number of carboxylic acids is 1. The van der Waals surface area contributed by atoms with E-state index in [-0.39, 0.29) is 11.1 Å². The number of hydrogen-bond acceptors (Lipinski definition) is 3. The van der Waals surface area contributed by atoms with E-state index in [1.165, 1.54) is 18.2 Å². The van der Waals surface area contributed by atoms with Crippen molar-refractivity contribution >= 4 is 18.0 Å². The summed E-state index contributed by atoms with van der Waals surface area (Å²) in [5, 5.41) is 21.1. The number of carbonyl (C=O) groups is 2. The van der Waals surface area contributed by atoms with Gasteiger partial charge in [-0.2, -0.15) is 5.26 Å². The zero-order valence-corrected chi connectivity index (χ0v) is 14.9. The molecule has 0 aliphatic carbocycles. The lowest BCUT2D eigenvalue weighted by atomic mass is 10.2. The van der Waals surface area contributed by atoms with Gasteiger partial charge in [-0.15, -0.1) is 0 Å². The van der Waals surface area contributed by atoms with Crippen molar-refractivity contribution in [3.05, 3.63) is 95.3 Å². The molecule has 0 unspecified atom stereocenters. The maximum absolute atomic E-state index is 12.4. The number of benzene rings is 2. The molecular weight excluding hydrogens is 354 g/mol. The van der Waals surface area contributed by atoms with Gasteiger partial charge in [0, 0.05) is 24.1 Å². The van der Waals surface area contributed by atoms with Gasteiger partial charge in [0.1, 0.15) is 11.6 Å². The van der Waals surface area contributed by atoms with Crippen LogP contribution >= 0.6 is 0 Å². The van der Waals surface area contributed by atoms with Gasteiger partial charge in [0.25, 0.3) is 5.91 Å². The van der Waals surface area contributed by atoms with Gasteiger partial charge in [0.05, 0.1) is 5.56 Å². The third-order valence-electron chi connectivity index (χ3n) is 4.13. The molecule has 1 heterocycles. The van der Waals surface area contributed by atoms with E-state index >= 15 is 0 Å². The van der Waals surface area contributed by atoms with E-state index in [0.29, 0.717) is 12.2 Å². The lowest BCUT2D eigenvalue weighted by Crippen LogP contribution is -2.24. The summed E-state index contributed by atoms with van der Waals surface area (Å²) in [5.74, 6) is -1.46. The smallest absolute Gasteiger partial charge is 0.335 e. The molecule has 0 atom stereocenters. The summed E-state index contributed by atoms with van der Waals surface area (Å²) in [7, 11) is 0. The summed E-state index contributed by atoms with van der Waals surface area (Å²) in [6, 6.07) is 21.3. The Balaban J connectivity index is 1.80. The van der Waals surface area contributed by atoms with Gasteiger partial charge in [-0.3, -0.25) is 4.79 Å². The Morgan fingerprint density at radius 1 is 1.04 bits per heavy atom. The fraction of sp³-hybridized carbons (Fsp3) is 0.0455. The van der Waals surface area contributed by atoms with E-state index in [9.17, 15) is 14.9 Å². The maximum Gasteiger partial charge on any atom is 0.335 e. The van der Waals surface area contributed by atoms with E-state index in [0.717, 1.165) is 11.3 Å². The summed E-state index contributed by atoms with van der Waals surface area (Å²) in [6.45, 7) is 0.330. The molecule has 1 amide bonds. The molecule has 0 spiro atoms. The fourth-order valence-corrected chi connectivity index (χ4v) is 2.68. The Labute approximate surface area is 162 Å². The van der Waals surface area contributed by atoms with Crippen LogP contribution < -0.4 is 5.32 Å². The minimum atomic E-state index is -0.999. The zero-order valence-electron chi connectivity index (χ0n) is 14.9. The lowest BCUT2D eigenvalue weighted by molar-refractivity contribution is -0.117. The molecule has 0 radical (unpaired) electrons. The van der Waals surface area contributed by atoms with Crippen molar-refractivity contribution in [1.29, 1.82) is 5.26 Å². The number of aromatic carboxylic acids is 1.